The third-order valence-electron chi connectivity index (χ3n) is 8.85. The van der Waals surface area contributed by atoms with Crippen LogP contribution < -0.4 is 10.6 Å². The van der Waals surface area contributed by atoms with Gasteiger partial charge in [-0.2, -0.15) is 0 Å². The van der Waals surface area contributed by atoms with Crippen molar-refractivity contribution in [3.05, 3.63) is 65.2 Å². The number of aryl methyl sites for hydroxylation is 2. The van der Waals surface area contributed by atoms with E-state index in [-0.39, 0.29) is 35.5 Å². The number of carbonyl (C=O) groups excluding carboxylic acids is 3. The standard InChI is InChI=1S/C30H37N3O4S/c1-5-21(16-34)33-26(28(36)32-25-17(2)10-9-11-18(25)3)30-19(4)14-22(38-30)23(24(30)29(33)37)27(35)31-15-20-12-7-6-8-13-20/h6-13,19,21-24,26,34H,5,14-16H2,1-4H3,(H,31,35)(H,32,36)/t19?,21-,22+,23-,24-,26?,30?/m0/s1. The fraction of sp³-hybridized carbons (Fsp3) is 0.500. The number of nitrogens with one attached hydrogen (secondary N) is 2. The number of carbonyl (C=O) groups is 3. The van der Waals surface area contributed by atoms with Crippen LogP contribution in [0.2, 0.25) is 0 Å². The van der Waals surface area contributed by atoms with Gasteiger partial charge in [-0.25, -0.2) is 0 Å². The van der Waals surface area contributed by atoms with Crippen LogP contribution in [0.4, 0.5) is 5.69 Å². The number of fused-ring (bicyclic) bond motifs is 1. The van der Waals surface area contributed by atoms with Crippen LogP contribution in [0.5, 0.6) is 0 Å². The highest BCUT2D eigenvalue weighted by Crippen LogP contribution is 2.68. The molecule has 7 atom stereocenters. The predicted octanol–water partition coefficient (Wildman–Crippen LogP) is 3.67. The minimum absolute atomic E-state index is 0.0263. The lowest BCUT2D eigenvalue weighted by Gasteiger charge is -2.40. The summed E-state index contributed by atoms with van der Waals surface area (Å²) in [6.07, 6.45) is 1.29. The van der Waals surface area contributed by atoms with Gasteiger partial charge in [-0.1, -0.05) is 62.4 Å². The van der Waals surface area contributed by atoms with E-state index in [9.17, 15) is 19.5 Å². The second-order valence-electron chi connectivity index (χ2n) is 11.0. The van der Waals surface area contributed by atoms with Crippen LogP contribution in [0, 0.1) is 31.6 Å². The third-order valence-corrected chi connectivity index (χ3v) is 10.9. The van der Waals surface area contributed by atoms with E-state index >= 15 is 0 Å². The highest BCUT2D eigenvalue weighted by atomic mass is 32.2. The van der Waals surface area contributed by atoms with Crippen molar-refractivity contribution in [3.63, 3.8) is 0 Å². The number of amides is 3. The van der Waals surface area contributed by atoms with E-state index in [1.165, 1.54) is 0 Å². The van der Waals surface area contributed by atoms with E-state index in [0.29, 0.717) is 13.0 Å². The number of para-hydroxylation sites is 1. The van der Waals surface area contributed by atoms with Crippen molar-refractivity contribution in [1.82, 2.24) is 10.2 Å². The lowest BCUT2D eigenvalue weighted by Crippen LogP contribution is -2.57. The lowest BCUT2D eigenvalue weighted by molar-refractivity contribution is -0.142. The summed E-state index contributed by atoms with van der Waals surface area (Å²) < 4.78 is -0.722. The SMILES string of the molecule is CC[C@@H](CO)N1C(=O)[C@@H]2[C@@H](C(=O)NCc3ccccc3)[C@H]3CC(C)C2(S3)C1C(=O)Nc1c(C)cccc1C. The molecule has 0 aromatic heterocycles. The average Bonchev–Trinajstić information content (AvgIpc) is 3.50. The Bertz CT molecular complexity index is 1210. The van der Waals surface area contributed by atoms with Crippen molar-refractivity contribution in [3.8, 4) is 0 Å². The molecule has 0 saturated carbocycles. The second kappa shape index (κ2) is 10.4. The summed E-state index contributed by atoms with van der Waals surface area (Å²) in [5.74, 6) is -1.61. The molecule has 7 nitrogen and oxygen atoms in total. The Balaban J connectivity index is 1.50. The molecule has 3 unspecified atom stereocenters. The quantitative estimate of drug-likeness (QED) is 0.479. The summed E-state index contributed by atoms with van der Waals surface area (Å²) in [5.41, 5.74) is 3.65. The van der Waals surface area contributed by atoms with E-state index in [2.05, 4.69) is 17.6 Å². The van der Waals surface area contributed by atoms with Gasteiger partial charge in [-0.05, 0) is 49.3 Å². The molecule has 1 spiro atoms. The number of likely N-dealkylation sites (tertiary alicyclic amines) is 1. The van der Waals surface area contributed by atoms with Crippen molar-refractivity contribution < 1.29 is 19.5 Å². The first-order valence-corrected chi connectivity index (χ1v) is 14.4. The molecule has 3 amide bonds. The van der Waals surface area contributed by atoms with E-state index in [1.807, 2.05) is 69.3 Å². The monoisotopic (exact) mass is 535 g/mol. The van der Waals surface area contributed by atoms with Gasteiger partial charge in [0.15, 0.2) is 0 Å². The summed E-state index contributed by atoms with van der Waals surface area (Å²) in [5, 5.41) is 16.4. The summed E-state index contributed by atoms with van der Waals surface area (Å²) >= 11 is 1.65. The van der Waals surface area contributed by atoms with Gasteiger partial charge in [0.05, 0.1) is 29.2 Å². The van der Waals surface area contributed by atoms with E-state index in [0.717, 1.165) is 28.8 Å². The number of hydrogen-bond donors (Lipinski definition) is 3. The maximum absolute atomic E-state index is 14.2. The molecule has 3 fully saturated rings. The van der Waals surface area contributed by atoms with Crippen LogP contribution in [-0.2, 0) is 20.9 Å². The van der Waals surface area contributed by atoms with Gasteiger partial charge in [0.2, 0.25) is 17.7 Å². The number of benzene rings is 2. The van der Waals surface area contributed by atoms with Gasteiger partial charge in [-0.15, -0.1) is 11.8 Å². The number of rotatable bonds is 8. The van der Waals surface area contributed by atoms with Gasteiger partial charge in [0, 0.05) is 17.5 Å². The molecule has 2 aromatic carbocycles. The van der Waals surface area contributed by atoms with Crippen LogP contribution in [0.1, 0.15) is 43.4 Å². The van der Waals surface area contributed by atoms with Crippen LogP contribution in [0.3, 0.4) is 0 Å². The van der Waals surface area contributed by atoms with Crippen LogP contribution >= 0.6 is 11.8 Å². The molecule has 3 N–H and O–H groups in total. The zero-order chi connectivity index (χ0) is 27.2. The topological polar surface area (TPSA) is 98.7 Å². The molecule has 2 aromatic rings. The number of nitrogens with zero attached hydrogens (tertiary/aromatic N) is 1. The number of aliphatic hydroxyl groups excluding tert-OH is 1. The number of thioether (sulfide) groups is 1. The molecule has 5 rings (SSSR count). The Morgan fingerprint density at radius 2 is 1.79 bits per heavy atom. The summed E-state index contributed by atoms with van der Waals surface area (Å²) in [6, 6.07) is 14.3. The fourth-order valence-electron chi connectivity index (χ4n) is 6.97. The van der Waals surface area contributed by atoms with Crippen LogP contribution in [0.15, 0.2) is 48.5 Å². The van der Waals surface area contributed by atoms with Gasteiger partial charge in [0.1, 0.15) is 6.04 Å². The van der Waals surface area contributed by atoms with E-state index < -0.39 is 28.7 Å². The third kappa shape index (κ3) is 4.13. The fourth-order valence-corrected chi connectivity index (χ4v) is 9.38. The Labute approximate surface area is 228 Å². The highest BCUT2D eigenvalue weighted by Gasteiger charge is 2.76. The average molecular weight is 536 g/mol. The zero-order valence-electron chi connectivity index (χ0n) is 22.4. The molecule has 202 valence electrons. The van der Waals surface area contributed by atoms with Crippen molar-refractivity contribution in [1.29, 1.82) is 0 Å². The Morgan fingerprint density at radius 3 is 2.42 bits per heavy atom. The molecular formula is C30H37N3O4S. The maximum Gasteiger partial charge on any atom is 0.248 e. The smallest absolute Gasteiger partial charge is 0.248 e. The lowest BCUT2D eigenvalue weighted by atomic mass is 9.66. The van der Waals surface area contributed by atoms with Gasteiger partial charge < -0.3 is 20.6 Å². The highest BCUT2D eigenvalue weighted by molar-refractivity contribution is 8.02. The molecule has 3 saturated heterocycles. The van der Waals surface area contributed by atoms with Gasteiger partial charge in [0.25, 0.3) is 0 Å². The normalized spacial score (nSPS) is 30.3. The largest absolute Gasteiger partial charge is 0.394 e. The van der Waals surface area contributed by atoms with Crippen LogP contribution in [0.25, 0.3) is 0 Å². The second-order valence-corrected chi connectivity index (χ2v) is 12.6. The van der Waals surface area contributed by atoms with E-state index in [1.54, 1.807) is 16.7 Å². The van der Waals surface area contributed by atoms with Crippen molar-refractivity contribution in [2.45, 2.75) is 69.2 Å². The van der Waals surface area contributed by atoms with Crippen molar-refractivity contribution >= 4 is 35.2 Å². The first-order chi connectivity index (χ1) is 18.2. The molecule has 2 bridgehead atoms. The number of aliphatic hydroxyl groups is 1. The van der Waals surface area contributed by atoms with Crippen molar-refractivity contribution in [2.24, 2.45) is 17.8 Å². The van der Waals surface area contributed by atoms with E-state index in [4.69, 9.17) is 0 Å². The minimum atomic E-state index is -0.770. The molecule has 3 aliphatic heterocycles. The summed E-state index contributed by atoms with van der Waals surface area (Å²) in [7, 11) is 0. The maximum atomic E-state index is 14.2. The van der Waals surface area contributed by atoms with Gasteiger partial charge in [-0.3, -0.25) is 14.4 Å². The summed E-state index contributed by atoms with van der Waals surface area (Å²) in [4.78, 5) is 43.6. The molecule has 38 heavy (non-hydrogen) atoms. The Kier molecular flexibility index (Phi) is 7.31. The molecule has 3 heterocycles. The molecule has 8 heteroatoms. The predicted molar refractivity (Wildman–Crippen MR) is 150 cm³/mol. The van der Waals surface area contributed by atoms with Crippen molar-refractivity contribution in [2.75, 3.05) is 11.9 Å². The number of hydrogen-bond acceptors (Lipinski definition) is 5. The summed E-state index contributed by atoms with van der Waals surface area (Å²) in [6.45, 7) is 8.09. The zero-order valence-corrected chi connectivity index (χ0v) is 23.3. The molecule has 3 aliphatic rings. The molecule has 0 radical (unpaired) electrons. The first-order valence-electron chi connectivity index (χ1n) is 13.5. The van der Waals surface area contributed by atoms with Crippen LogP contribution in [-0.4, -0.2) is 56.4 Å². The van der Waals surface area contributed by atoms with Gasteiger partial charge >= 0.3 is 0 Å². The number of anilines is 1. The molecule has 0 aliphatic carbocycles. The first kappa shape index (κ1) is 26.8. The molecular weight excluding hydrogens is 498 g/mol. The Hall–Kier alpha value is -2.84. The minimum Gasteiger partial charge on any atom is -0.394 e. The Morgan fingerprint density at radius 1 is 1.11 bits per heavy atom.